The fraction of sp³-hybridized carbons (Fsp3) is 0.318. The average molecular weight is 435 g/mol. The van der Waals surface area contributed by atoms with Gasteiger partial charge in [-0.25, -0.2) is 9.83 Å². The lowest BCUT2D eigenvalue weighted by Crippen LogP contribution is -2.28. The standard InChI is InChI=1S/C22H22N6O2S/c1-3-15-16(11-23)22(31-18(20(25)30)13-7-5-4-6-8-13)27-21(17(15)26-2)28-10-9-14(12-28)19(24)29/h4-8,14,18H,3,9-10,12H2,1H3,(H2,24,29)(H2,25,30). The lowest BCUT2D eigenvalue weighted by molar-refractivity contribution is -0.121. The third-order valence-corrected chi connectivity index (χ3v) is 6.54. The van der Waals surface area contributed by atoms with E-state index in [0.29, 0.717) is 53.6 Å². The Morgan fingerprint density at radius 2 is 2.10 bits per heavy atom. The van der Waals surface area contributed by atoms with Crippen LogP contribution in [0.4, 0.5) is 11.5 Å². The smallest absolute Gasteiger partial charge is 0.235 e. The summed E-state index contributed by atoms with van der Waals surface area (Å²) in [5, 5.41) is 9.45. The molecule has 1 aliphatic rings. The van der Waals surface area contributed by atoms with Crippen molar-refractivity contribution in [2.24, 2.45) is 17.4 Å². The first-order chi connectivity index (χ1) is 14.9. The second-order valence-corrected chi connectivity index (χ2v) is 8.26. The van der Waals surface area contributed by atoms with Crippen LogP contribution in [0.3, 0.4) is 0 Å². The number of pyridine rings is 1. The van der Waals surface area contributed by atoms with E-state index < -0.39 is 11.2 Å². The second-order valence-electron chi connectivity index (χ2n) is 7.16. The Morgan fingerprint density at radius 3 is 2.61 bits per heavy atom. The van der Waals surface area contributed by atoms with E-state index in [4.69, 9.17) is 18.0 Å². The molecule has 8 nitrogen and oxygen atoms in total. The molecule has 2 aromatic rings. The number of rotatable bonds is 7. The normalized spacial score (nSPS) is 16.4. The van der Waals surface area contributed by atoms with E-state index in [0.717, 1.165) is 11.8 Å². The molecule has 1 fully saturated rings. The van der Waals surface area contributed by atoms with Crippen LogP contribution in [0.25, 0.3) is 4.85 Å². The summed E-state index contributed by atoms with van der Waals surface area (Å²) < 4.78 is 0. The van der Waals surface area contributed by atoms with Crippen LogP contribution in [-0.2, 0) is 16.0 Å². The molecule has 0 bridgehead atoms. The molecular weight excluding hydrogens is 412 g/mol. The van der Waals surface area contributed by atoms with Crippen molar-refractivity contribution < 1.29 is 9.59 Å². The summed E-state index contributed by atoms with van der Waals surface area (Å²) in [5.74, 6) is -0.845. The summed E-state index contributed by atoms with van der Waals surface area (Å²) in [4.78, 5) is 34.0. The molecule has 1 aromatic carbocycles. The van der Waals surface area contributed by atoms with Crippen LogP contribution in [0, 0.1) is 23.8 Å². The monoisotopic (exact) mass is 434 g/mol. The minimum atomic E-state index is -0.742. The van der Waals surface area contributed by atoms with E-state index in [9.17, 15) is 14.9 Å². The lowest BCUT2D eigenvalue weighted by Gasteiger charge is -2.23. The molecule has 0 saturated carbocycles. The topological polar surface area (TPSA) is 130 Å². The minimum Gasteiger partial charge on any atom is -0.369 e. The maximum absolute atomic E-state index is 12.2. The van der Waals surface area contributed by atoms with Crippen molar-refractivity contribution in [1.29, 1.82) is 5.26 Å². The zero-order chi connectivity index (χ0) is 22.5. The molecule has 2 unspecified atom stereocenters. The first-order valence-electron chi connectivity index (χ1n) is 9.80. The Morgan fingerprint density at radius 1 is 1.39 bits per heavy atom. The van der Waals surface area contributed by atoms with E-state index in [1.165, 1.54) is 0 Å². The Kier molecular flexibility index (Phi) is 6.78. The van der Waals surface area contributed by atoms with Gasteiger partial charge < -0.3 is 16.4 Å². The van der Waals surface area contributed by atoms with Crippen molar-refractivity contribution in [2.45, 2.75) is 30.0 Å². The SMILES string of the molecule is [C-]#[N+]c1c(N2CCC(C(N)=O)C2)nc(SC(C(N)=O)c2ccccc2)c(C#N)c1CC. The number of aromatic nitrogens is 1. The highest BCUT2D eigenvalue weighted by molar-refractivity contribution is 8.00. The molecule has 0 radical (unpaired) electrons. The van der Waals surface area contributed by atoms with Crippen molar-refractivity contribution in [2.75, 3.05) is 18.0 Å². The van der Waals surface area contributed by atoms with Crippen molar-refractivity contribution in [3.63, 3.8) is 0 Å². The molecule has 2 atom stereocenters. The van der Waals surface area contributed by atoms with Gasteiger partial charge in [0, 0.05) is 13.1 Å². The molecule has 0 aliphatic carbocycles. The van der Waals surface area contributed by atoms with E-state index in [-0.39, 0.29) is 17.4 Å². The minimum absolute atomic E-state index is 0.273. The fourth-order valence-corrected chi connectivity index (χ4v) is 4.74. The first kappa shape index (κ1) is 22.1. The number of primary amides is 2. The maximum atomic E-state index is 12.2. The zero-order valence-electron chi connectivity index (χ0n) is 17.0. The Labute approximate surface area is 185 Å². The largest absolute Gasteiger partial charge is 0.369 e. The summed E-state index contributed by atoms with van der Waals surface area (Å²) in [6.07, 6.45) is 1.02. The zero-order valence-corrected chi connectivity index (χ0v) is 17.9. The van der Waals surface area contributed by atoms with Crippen LogP contribution in [0.15, 0.2) is 35.4 Å². The predicted octanol–water partition coefficient (Wildman–Crippen LogP) is 2.70. The summed E-state index contributed by atoms with van der Waals surface area (Å²) >= 11 is 1.10. The number of carbonyl (C=O) groups is 2. The van der Waals surface area contributed by atoms with Gasteiger partial charge in [0.05, 0.1) is 18.1 Å². The highest BCUT2D eigenvalue weighted by atomic mass is 32.2. The molecule has 4 N–H and O–H groups in total. The second kappa shape index (κ2) is 9.50. The van der Waals surface area contributed by atoms with Crippen molar-refractivity contribution in [3.8, 4) is 6.07 Å². The van der Waals surface area contributed by atoms with Crippen LogP contribution in [0.2, 0.25) is 0 Å². The van der Waals surface area contributed by atoms with Gasteiger partial charge in [0.15, 0.2) is 0 Å². The molecule has 1 aromatic heterocycles. The third-order valence-electron chi connectivity index (χ3n) is 5.28. The number of anilines is 1. The summed E-state index contributed by atoms with van der Waals surface area (Å²) in [5.41, 5.74) is 13.0. The Bertz CT molecular complexity index is 1090. The molecule has 9 heteroatoms. The maximum Gasteiger partial charge on any atom is 0.235 e. The van der Waals surface area contributed by atoms with Gasteiger partial charge in [0.2, 0.25) is 17.5 Å². The molecule has 2 amide bonds. The number of thioether (sulfide) groups is 1. The quantitative estimate of drug-likeness (QED) is 0.509. The summed E-state index contributed by atoms with van der Waals surface area (Å²) in [6, 6.07) is 11.2. The Balaban J connectivity index is 2.12. The molecule has 158 valence electrons. The number of nitrogens with two attached hydrogens (primary N) is 2. The van der Waals surface area contributed by atoms with Gasteiger partial charge >= 0.3 is 0 Å². The van der Waals surface area contributed by atoms with Crippen LogP contribution in [0.5, 0.6) is 0 Å². The van der Waals surface area contributed by atoms with Crippen molar-refractivity contribution >= 4 is 35.1 Å². The number of carbonyl (C=O) groups excluding carboxylic acids is 2. The summed E-state index contributed by atoms with van der Waals surface area (Å²) in [6.45, 7) is 10.4. The molecule has 2 heterocycles. The van der Waals surface area contributed by atoms with Crippen LogP contribution >= 0.6 is 11.8 Å². The third kappa shape index (κ3) is 4.47. The van der Waals surface area contributed by atoms with Gasteiger partial charge in [0.25, 0.3) is 0 Å². The highest BCUT2D eigenvalue weighted by Crippen LogP contribution is 2.43. The average Bonchev–Trinajstić information content (AvgIpc) is 3.27. The molecular formula is C22H22N6O2S. The van der Waals surface area contributed by atoms with Crippen LogP contribution in [-0.4, -0.2) is 29.9 Å². The molecule has 1 saturated heterocycles. The fourth-order valence-electron chi connectivity index (χ4n) is 3.68. The van der Waals surface area contributed by atoms with Crippen molar-refractivity contribution in [1.82, 2.24) is 4.98 Å². The first-order valence-corrected chi connectivity index (χ1v) is 10.7. The van der Waals surface area contributed by atoms with Gasteiger partial charge in [-0.2, -0.15) is 5.26 Å². The number of benzene rings is 1. The lowest BCUT2D eigenvalue weighted by atomic mass is 10.1. The molecule has 3 rings (SSSR count). The van der Waals surface area contributed by atoms with Gasteiger partial charge in [-0.3, -0.25) is 9.59 Å². The van der Waals surface area contributed by atoms with Crippen molar-refractivity contribution in [3.05, 3.63) is 58.4 Å². The number of nitriles is 1. The molecule has 0 spiro atoms. The van der Waals surface area contributed by atoms with E-state index in [2.05, 4.69) is 15.9 Å². The van der Waals surface area contributed by atoms with E-state index in [1.807, 2.05) is 30.0 Å². The summed E-state index contributed by atoms with van der Waals surface area (Å²) in [7, 11) is 0. The van der Waals surface area contributed by atoms with Gasteiger partial charge in [-0.15, -0.1) is 0 Å². The van der Waals surface area contributed by atoms with Gasteiger partial charge in [-0.1, -0.05) is 49.0 Å². The molecule has 31 heavy (non-hydrogen) atoms. The number of amides is 2. The van der Waals surface area contributed by atoms with Gasteiger partial charge in [0.1, 0.15) is 22.2 Å². The van der Waals surface area contributed by atoms with Crippen LogP contribution < -0.4 is 16.4 Å². The predicted molar refractivity (Wildman–Crippen MR) is 118 cm³/mol. The molecule has 1 aliphatic heterocycles. The van der Waals surface area contributed by atoms with E-state index >= 15 is 0 Å². The number of nitrogens with zero attached hydrogens (tertiary/aromatic N) is 4. The van der Waals surface area contributed by atoms with E-state index in [1.54, 1.807) is 12.1 Å². The van der Waals surface area contributed by atoms with Gasteiger partial charge in [-0.05, 0) is 24.0 Å². The number of hydrogen-bond acceptors (Lipinski definition) is 6. The van der Waals surface area contributed by atoms with Crippen LogP contribution in [0.1, 0.15) is 35.3 Å². The Hall–Kier alpha value is -3.56. The highest BCUT2D eigenvalue weighted by Gasteiger charge is 2.32. The number of hydrogen-bond donors (Lipinski definition) is 2.